The van der Waals surface area contributed by atoms with Crippen LogP contribution >= 0.6 is 0 Å². The standard InChI is InChI=1S/C15H26N4O.C6H5NO3.C2H7N.C2H4O/c1-5-16-9-10-19(4)14-7-8-15(18-12-14)17-11-13(3)20-6-2;8-4-5-1-2-6(3-5)7(9)10;1-3-2;1-2-3/h6-8,12-13,16H,2,5,9-11H2,1,3-4H3,(H,17,18);1-2,4H,3H2;3H,1-2H3;2H,1H3. The highest BCUT2D eigenvalue weighted by molar-refractivity contribution is 5.75. The molecule has 0 bridgehead atoms. The topological polar surface area (TPSA) is 139 Å². The van der Waals surface area contributed by atoms with Crippen LogP contribution in [0, 0.1) is 10.1 Å². The minimum Gasteiger partial charge on any atom is -0.497 e. The first-order valence-corrected chi connectivity index (χ1v) is 11.6. The number of pyridine rings is 1. The van der Waals surface area contributed by atoms with Crippen molar-refractivity contribution in [2.24, 2.45) is 0 Å². The predicted molar refractivity (Wildman–Crippen MR) is 146 cm³/mol. The fourth-order valence-electron chi connectivity index (χ4n) is 2.47. The van der Waals surface area contributed by atoms with Crippen LogP contribution in [-0.4, -0.2) is 75.9 Å². The third kappa shape index (κ3) is 17.8. The third-order valence-electron chi connectivity index (χ3n) is 4.22. The van der Waals surface area contributed by atoms with E-state index in [4.69, 9.17) is 9.53 Å². The van der Waals surface area contributed by atoms with E-state index in [9.17, 15) is 14.9 Å². The first kappa shape index (κ1) is 34.6. The normalized spacial score (nSPS) is 11.8. The molecule has 1 unspecified atom stereocenters. The van der Waals surface area contributed by atoms with E-state index in [-0.39, 0.29) is 18.2 Å². The lowest BCUT2D eigenvalue weighted by Crippen LogP contribution is -2.29. The number of nitrogens with zero attached hydrogens (tertiary/aromatic N) is 3. The first-order valence-electron chi connectivity index (χ1n) is 11.6. The number of rotatable bonds is 12. The van der Waals surface area contributed by atoms with Gasteiger partial charge >= 0.3 is 0 Å². The Morgan fingerprint density at radius 3 is 2.36 bits per heavy atom. The van der Waals surface area contributed by atoms with Crippen LogP contribution in [0.2, 0.25) is 0 Å². The van der Waals surface area contributed by atoms with Gasteiger partial charge in [-0.2, -0.15) is 0 Å². The zero-order valence-corrected chi connectivity index (χ0v) is 22.3. The molecule has 1 aliphatic rings. The Labute approximate surface area is 214 Å². The van der Waals surface area contributed by atoms with Crippen molar-refractivity contribution in [3.63, 3.8) is 0 Å². The molecule has 1 heterocycles. The fraction of sp³-hybridized carbons (Fsp3) is 0.480. The molecule has 1 atom stereocenters. The van der Waals surface area contributed by atoms with Crippen LogP contribution in [-0.2, 0) is 14.3 Å². The monoisotopic (exact) mass is 506 g/mol. The molecule has 0 aromatic carbocycles. The van der Waals surface area contributed by atoms with E-state index in [1.807, 2.05) is 33.3 Å². The van der Waals surface area contributed by atoms with Gasteiger partial charge in [-0.1, -0.05) is 13.5 Å². The molecule has 202 valence electrons. The lowest BCUT2D eigenvalue weighted by atomic mass is 10.2. The molecule has 0 saturated heterocycles. The second-order valence-corrected chi connectivity index (χ2v) is 7.36. The molecule has 11 nitrogen and oxygen atoms in total. The molecular formula is C25H42N6O5. The number of carbonyl (C=O) groups is 2. The number of nitrogens with one attached hydrogen (secondary N) is 3. The Bertz CT molecular complexity index is 812. The Kier molecular flexibility index (Phi) is 22.3. The lowest BCUT2D eigenvalue weighted by molar-refractivity contribution is -0.426. The molecule has 1 aliphatic carbocycles. The number of aromatic nitrogens is 1. The van der Waals surface area contributed by atoms with Crippen molar-refractivity contribution in [3.05, 3.63) is 64.7 Å². The lowest BCUT2D eigenvalue weighted by Gasteiger charge is -2.19. The minimum absolute atomic E-state index is 0.0803. The zero-order chi connectivity index (χ0) is 27.8. The molecule has 1 aromatic heterocycles. The van der Waals surface area contributed by atoms with E-state index in [0.717, 1.165) is 37.4 Å². The molecule has 0 spiro atoms. The largest absolute Gasteiger partial charge is 0.497 e. The van der Waals surface area contributed by atoms with Crippen molar-refractivity contribution in [1.82, 2.24) is 15.6 Å². The summed E-state index contributed by atoms with van der Waals surface area (Å²) in [6, 6.07) is 4.06. The number of hydrogen-bond donors (Lipinski definition) is 3. The SMILES string of the molecule is C=COC(C)CNc1ccc(N(C)CCNCC)cn1.CC=O.CNC.O=CC1=CC=C([N+](=O)[O-])C1. The maximum absolute atomic E-state index is 10.1. The van der Waals surface area contributed by atoms with Crippen LogP contribution in [0.15, 0.2) is 54.6 Å². The number of nitro groups is 1. The van der Waals surface area contributed by atoms with Gasteiger partial charge in [0.15, 0.2) is 0 Å². The molecule has 0 amide bonds. The quantitative estimate of drug-likeness (QED) is 0.127. The number of anilines is 2. The van der Waals surface area contributed by atoms with E-state index in [1.165, 1.54) is 25.3 Å². The van der Waals surface area contributed by atoms with E-state index >= 15 is 0 Å². The van der Waals surface area contributed by atoms with Crippen molar-refractivity contribution < 1.29 is 19.2 Å². The summed E-state index contributed by atoms with van der Waals surface area (Å²) in [5.41, 5.74) is 1.66. The second-order valence-electron chi connectivity index (χ2n) is 7.36. The highest BCUT2D eigenvalue weighted by Crippen LogP contribution is 2.16. The molecule has 0 aliphatic heterocycles. The van der Waals surface area contributed by atoms with Gasteiger partial charge in [0.2, 0.25) is 0 Å². The molecule has 2 rings (SSSR count). The summed E-state index contributed by atoms with van der Waals surface area (Å²) in [5, 5.41) is 19.3. The number of likely N-dealkylation sites (N-methyl/N-ethyl adjacent to an activating group) is 2. The van der Waals surface area contributed by atoms with Gasteiger partial charge in [-0.05, 0) is 52.7 Å². The molecule has 36 heavy (non-hydrogen) atoms. The van der Waals surface area contributed by atoms with Crippen molar-refractivity contribution in [1.29, 1.82) is 0 Å². The van der Waals surface area contributed by atoms with Crippen LogP contribution < -0.4 is 20.9 Å². The van der Waals surface area contributed by atoms with Crippen LogP contribution in [0.4, 0.5) is 11.5 Å². The van der Waals surface area contributed by atoms with E-state index < -0.39 is 4.92 Å². The summed E-state index contributed by atoms with van der Waals surface area (Å²) in [4.78, 5) is 35.0. The third-order valence-corrected chi connectivity index (χ3v) is 4.22. The second kappa shape index (κ2) is 23.2. The maximum atomic E-state index is 10.1. The highest BCUT2D eigenvalue weighted by atomic mass is 16.6. The van der Waals surface area contributed by atoms with Gasteiger partial charge in [0.05, 0.1) is 36.0 Å². The van der Waals surface area contributed by atoms with Gasteiger partial charge in [0.25, 0.3) is 5.70 Å². The average molecular weight is 507 g/mol. The highest BCUT2D eigenvalue weighted by Gasteiger charge is 2.16. The van der Waals surface area contributed by atoms with Crippen molar-refractivity contribution in [3.8, 4) is 0 Å². The van der Waals surface area contributed by atoms with Crippen LogP contribution in [0.5, 0.6) is 0 Å². The predicted octanol–water partition coefficient (Wildman–Crippen LogP) is 2.80. The maximum Gasteiger partial charge on any atom is 0.250 e. The Morgan fingerprint density at radius 1 is 1.31 bits per heavy atom. The number of aldehydes is 2. The Morgan fingerprint density at radius 2 is 1.94 bits per heavy atom. The first-order chi connectivity index (χ1) is 17.2. The van der Waals surface area contributed by atoms with Crippen molar-refractivity contribution >= 4 is 24.1 Å². The van der Waals surface area contributed by atoms with Crippen molar-refractivity contribution in [2.75, 3.05) is 57.5 Å². The summed E-state index contributed by atoms with van der Waals surface area (Å²) >= 11 is 0. The summed E-state index contributed by atoms with van der Waals surface area (Å²) in [5.74, 6) is 0.855. The smallest absolute Gasteiger partial charge is 0.250 e. The molecule has 1 aromatic rings. The van der Waals surface area contributed by atoms with E-state index in [2.05, 4.69) is 52.5 Å². The molecule has 0 saturated carbocycles. The summed E-state index contributed by atoms with van der Waals surface area (Å²) in [6.07, 6.45) is 7.78. The van der Waals surface area contributed by atoms with Crippen LogP contribution in [0.1, 0.15) is 27.2 Å². The van der Waals surface area contributed by atoms with Gasteiger partial charge in [-0.25, -0.2) is 4.98 Å². The van der Waals surface area contributed by atoms with Crippen LogP contribution in [0.25, 0.3) is 0 Å². The number of ether oxygens (including phenoxy) is 1. The van der Waals surface area contributed by atoms with E-state index in [0.29, 0.717) is 18.4 Å². The average Bonchev–Trinajstić information content (AvgIpc) is 3.35. The zero-order valence-electron chi connectivity index (χ0n) is 22.3. The Hall–Kier alpha value is -3.57. The number of carbonyl (C=O) groups excluding carboxylic acids is 2. The van der Waals surface area contributed by atoms with Gasteiger partial charge in [-0.15, -0.1) is 0 Å². The molecule has 0 fully saturated rings. The number of allylic oxidation sites excluding steroid dienone is 3. The van der Waals surface area contributed by atoms with Crippen molar-refractivity contribution in [2.45, 2.75) is 33.3 Å². The Balaban J connectivity index is 0. The van der Waals surface area contributed by atoms with Gasteiger partial charge in [0.1, 0.15) is 24.5 Å². The molecular weight excluding hydrogens is 464 g/mol. The van der Waals surface area contributed by atoms with Gasteiger partial charge in [0, 0.05) is 31.8 Å². The summed E-state index contributed by atoms with van der Waals surface area (Å²) in [6.45, 7) is 12.7. The number of hydrogen-bond acceptors (Lipinski definition) is 10. The minimum atomic E-state index is -0.479. The summed E-state index contributed by atoms with van der Waals surface area (Å²) < 4.78 is 5.24. The van der Waals surface area contributed by atoms with Gasteiger partial charge in [-0.3, -0.25) is 14.9 Å². The van der Waals surface area contributed by atoms with Crippen LogP contribution in [0.3, 0.4) is 0 Å². The molecule has 0 radical (unpaired) electrons. The van der Waals surface area contributed by atoms with Gasteiger partial charge < -0.3 is 30.4 Å². The fourth-order valence-corrected chi connectivity index (χ4v) is 2.47. The molecule has 3 N–H and O–H groups in total. The summed E-state index contributed by atoms with van der Waals surface area (Å²) in [7, 11) is 5.82. The van der Waals surface area contributed by atoms with E-state index in [1.54, 1.807) is 0 Å². The molecule has 11 heteroatoms.